The highest BCUT2D eigenvalue weighted by atomic mass is 32.2. The van der Waals surface area contributed by atoms with Crippen molar-refractivity contribution in [1.29, 1.82) is 0 Å². The van der Waals surface area contributed by atoms with Crippen LogP contribution in [-0.4, -0.2) is 60.0 Å². The van der Waals surface area contributed by atoms with Gasteiger partial charge in [-0.2, -0.15) is 5.21 Å². The Morgan fingerprint density at radius 2 is 1.88 bits per heavy atom. The van der Waals surface area contributed by atoms with E-state index in [-0.39, 0.29) is 29.4 Å². The van der Waals surface area contributed by atoms with Crippen molar-refractivity contribution in [2.24, 2.45) is 10.9 Å². The lowest BCUT2D eigenvalue weighted by atomic mass is 9.98. The van der Waals surface area contributed by atoms with Crippen LogP contribution in [0.1, 0.15) is 6.92 Å². The molecule has 1 atom stereocenters. The number of H-pyrrole nitrogens is 2. The Hall–Kier alpha value is -3.44. The molecule has 0 bridgehead atoms. The van der Waals surface area contributed by atoms with Crippen LogP contribution >= 0.6 is 0 Å². The zero-order chi connectivity index (χ0) is 24.0. The first kappa shape index (κ1) is 22.7. The van der Waals surface area contributed by atoms with E-state index in [2.05, 4.69) is 35.3 Å². The maximum Gasteiger partial charge on any atom is 0.241 e. The minimum absolute atomic E-state index is 0.127. The molecule has 174 valence electrons. The van der Waals surface area contributed by atoms with Gasteiger partial charge in [0.2, 0.25) is 25.9 Å². The maximum absolute atomic E-state index is 13.0. The molecule has 1 unspecified atom stereocenters. The topological polar surface area (TPSA) is 242 Å². The molecule has 2 aromatic carbocycles. The van der Waals surface area contributed by atoms with Gasteiger partial charge in [-0.05, 0) is 29.8 Å². The van der Waals surface area contributed by atoms with E-state index in [1.807, 2.05) is 0 Å². The molecule has 0 aliphatic rings. The first-order valence-corrected chi connectivity index (χ1v) is 12.5. The summed E-state index contributed by atoms with van der Waals surface area (Å²) in [6, 6.07) is 7.12. The molecule has 4 aromatic rings. The summed E-state index contributed by atoms with van der Waals surface area (Å²) in [5.41, 5.74) is 13.0. The SMILES string of the molecule is CC(N)CNS(=O)(=O)c1ccc(-c2cccc3[nH]c(N)nc23)c(-c2nn[nH]n2)c1S(N)(=O)=O. The van der Waals surface area contributed by atoms with Crippen LogP contribution in [0.2, 0.25) is 0 Å². The second-order valence-electron chi connectivity index (χ2n) is 7.25. The Labute approximate surface area is 188 Å². The fraction of sp³-hybridized carbons (Fsp3) is 0.176. The monoisotopic (exact) mass is 492 g/mol. The Morgan fingerprint density at radius 1 is 1.12 bits per heavy atom. The minimum atomic E-state index is -4.62. The van der Waals surface area contributed by atoms with Crippen molar-refractivity contribution in [2.45, 2.75) is 22.8 Å². The summed E-state index contributed by atoms with van der Waals surface area (Å²) in [5, 5.41) is 19.0. The molecule has 33 heavy (non-hydrogen) atoms. The zero-order valence-electron chi connectivity index (χ0n) is 17.1. The van der Waals surface area contributed by atoms with Crippen molar-refractivity contribution >= 4 is 37.0 Å². The summed E-state index contributed by atoms with van der Waals surface area (Å²) < 4.78 is 53.8. The smallest absolute Gasteiger partial charge is 0.241 e. The van der Waals surface area contributed by atoms with Crippen LogP contribution < -0.4 is 21.3 Å². The number of primary sulfonamides is 1. The number of nitrogen functional groups attached to an aromatic ring is 1. The molecule has 0 aliphatic carbocycles. The van der Waals surface area contributed by atoms with Crippen LogP contribution in [0.25, 0.3) is 33.5 Å². The number of nitrogens with zero attached hydrogens (tertiary/aromatic N) is 4. The molecule has 0 fully saturated rings. The van der Waals surface area contributed by atoms with E-state index in [1.54, 1.807) is 25.1 Å². The molecule has 2 heterocycles. The molecule has 9 N–H and O–H groups in total. The molecule has 16 heteroatoms. The number of hydrogen-bond donors (Lipinski definition) is 6. The zero-order valence-corrected chi connectivity index (χ0v) is 18.8. The van der Waals surface area contributed by atoms with Gasteiger partial charge in [-0.15, -0.1) is 10.2 Å². The van der Waals surface area contributed by atoms with Crippen molar-refractivity contribution in [2.75, 3.05) is 12.3 Å². The van der Waals surface area contributed by atoms with E-state index < -0.39 is 35.9 Å². The molecule has 0 saturated heterocycles. The summed E-state index contributed by atoms with van der Waals surface area (Å²) in [6.07, 6.45) is 0. The Morgan fingerprint density at radius 3 is 2.52 bits per heavy atom. The predicted molar refractivity (Wildman–Crippen MR) is 119 cm³/mol. The second-order valence-corrected chi connectivity index (χ2v) is 10.5. The number of rotatable bonds is 7. The van der Waals surface area contributed by atoms with Crippen molar-refractivity contribution in [3.05, 3.63) is 30.3 Å². The van der Waals surface area contributed by atoms with Gasteiger partial charge in [0.05, 0.1) is 16.6 Å². The molecule has 2 aromatic heterocycles. The highest BCUT2D eigenvalue weighted by molar-refractivity contribution is 7.92. The number of para-hydroxylation sites is 1. The first-order valence-electron chi connectivity index (χ1n) is 9.42. The van der Waals surface area contributed by atoms with Crippen molar-refractivity contribution in [3.8, 4) is 22.5 Å². The van der Waals surface area contributed by atoms with Gasteiger partial charge in [0, 0.05) is 18.2 Å². The van der Waals surface area contributed by atoms with Gasteiger partial charge in [-0.1, -0.05) is 18.2 Å². The largest absolute Gasteiger partial charge is 0.369 e. The number of nitrogens with two attached hydrogens (primary N) is 3. The van der Waals surface area contributed by atoms with Crippen LogP contribution in [-0.2, 0) is 20.0 Å². The van der Waals surface area contributed by atoms with Gasteiger partial charge in [-0.3, -0.25) is 0 Å². The number of anilines is 1. The molecule has 14 nitrogen and oxygen atoms in total. The number of hydrogen-bond acceptors (Lipinski definition) is 10. The third kappa shape index (κ3) is 4.29. The number of tetrazole rings is 1. The highest BCUT2D eigenvalue weighted by Crippen LogP contribution is 2.40. The molecule has 0 radical (unpaired) electrons. The van der Waals surface area contributed by atoms with Crippen molar-refractivity contribution in [3.63, 3.8) is 0 Å². The number of fused-ring (bicyclic) bond motifs is 1. The van der Waals surface area contributed by atoms with Crippen molar-refractivity contribution in [1.82, 2.24) is 35.3 Å². The van der Waals surface area contributed by atoms with Gasteiger partial charge in [0.25, 0.3) is 0 Å². The number of imidazole rings is 1. The summed E-state index contributed by atoms with van der Waals surface area (Å²) in [7, 11) is -8.95. The lowest BCUT2D eigenvalue weighted by Gasteiger charge is -2.17. The Kier molecular flexibility index (Phi) is 5.62. The summed E-state index contributed by atoms with van der Waals surface area (Å²) in [4.78, 5) is 5.87. The Bertz CT molecular complexity index is 1540. The van der Waals surface area contributed by atoms with Gasteiger partial charge >= 0.3 is 0 Å². The number of aromatic amines is 2. The van der Waals surface area contributed by atoms with Crippen LogP contribution in [0.3, 0.4) is 0 Å². The van der Waals surface area contributed by atoms with E-state index in [9.17, 15) is 16.8 Å². The number of aromatic nitrogens is 6. The quantitative estimate of drug-likeness (QED) is 0.189. The summed E-state index contributed by atoms with van der Waals surface area (Å²) >= 11 is 0. The van der Waals surface area contributed by atoms with Crippen molar-refractivity contribution < 1.29 is 16.8 Å². The average Bonchev–Trinajstić information content (AvgIpc) is 3.39. The van der Waals surface area contributed by atoms with E-state index in [1.165, 1.54) is 6.07 Å². The van der Waals surface area contributed by atoms with Crippen LogP contribution in [0.5, 0.6) is 0 Å². The van der Waals surface area contributed by atoms with Gasteiger partial charge in [0.15, 0.2) is 5.95 Å². The second kappa shape index (κ2) is 8.16. The standard InChI is InChI=1S/C17H20N10O4S2/c1-8(18)7-21-33(30,31)12-6-5-9(10-3-2-4-11-14(10)23-17(19)22-11)13(15(12)32(20,28)29)16-24-26-27-25-16/h2-6,8,21H,7,18H2,1H3,(H3,19,22,23)(H2,20,28,29)(H,24,25,26,27). The molecular formula is C17H20N10O4S2. The molecule has 0 aliphatic heterocycles. The van der Waals surface area contributed by atoms with E-state index in [0.717, 1.165) is 6.07 Å². The van der Waals surface area contributed by atoms with E-state index in [0.29, 0.717) is 16.6 Å². The van der Waals surface area contributed by atoms with Gasteiger partial charge in [0.1, 0.15) is 9.79 Å². The lowest BCUT2D eigenvalue weighted by molar-refractivity contribution is 0.567. The Balaban J connectivity index is 2.10. The fourth-order valence-electron chi connectivity index (χ4n) is 3.36. The fourth-order valence-corrected chi connectivity index (χ4v) is 6.10. The maximum atomic E-state index is 13.0. The predicted octanol–water partition coefficient (Wildman–Crippen LogP) is -0.735. The van der Waals surface area contributed by atoms with Gasteiger partial charge in [-0.25, -0.2) is 31.7 Å². The number of nitrogens with one attached hydrogen (secondary N) is 3. The molecule has 0 amide bonds. The lowest BCUT2D eigenvalue weighted by Crippen LogP contribution is -2.36. The van der Waals surface area contributed by atoms with E-state index in [4.69, 9.17) is 16.6 Å². The van der Waals surface area contributed by atoms with Crippen LogP contribution in [0.15, 0.2) is 40.1 Å². The number of sulfonamides is 2. The average molecular weight is 493 g/mol. The normalized spacial score (nSPS) is 13.4. The summed E-state index contributed by atoms with van der Waals surface area (Å²) in [6.45, 7) is 1.46. The molecular weight excluding hydrogens is 472 g/mol. The van der Waals surface area contributed by atoms with Crippen LogP contribution in [0, 0.1) is 0 Å². The highest BCUT2D eigenvalue weighted by Gasteiger charge is 2.32. The number of benzene rings is 2. The third-order valence-electron chi connectivity index (χ3n) is 4.68. The van der Waals surface area contributed by atoms with Gasteiger partial charge < -0.3 is 16.5 Å². The first-order chi connectivity index (χ1) is 15.5. The molecule has 4 rings (SSSR count). The molecule has 0 spiro atoms. The molecule has 0 saturated carbocycles. The van der Waals surface area contributed by atoms with Crippen LogP contribution in [0.4, 0.5) is 5.95 Å². The van der Waals surface area contributed by atoms with E-state index >= 15 is 0 Å². The third-order valence-corrected chi connectivity index (χ3v) is 7.27. The minimum Gasteiger partial charge on any atom is -0.369 e. The summed E-state index contributed by atoms with van der Waals surface area (Å²) in [5.74, 6) is -0.0386.